The van der Waals surface area contributed by atoms with Crippen molar-refractivity contribution in [3.8, 4) is 0 Å². The van der Waals surface area contributed by atoms with E-state index >= 15 is 0 Å². The van der Waals surface area contributed by atoms with E-state index in [1.54, 1.807) is 0 Å². The molecule has 1 rings (SSSR count). The van der Waals surface area contributed by atoms with Crippen LogP contribution in [0.5, 0.6) is 0 Å². The predicted octanol–water partition coefficient (Wildman–Crippen LogP) is 6.60. The summed E-state index contributed by atoms with van der Waals surface area (Å²) in [5.74, 6) is 0.996. The maximum absolute atomic E-state index is 11.7. The van der Waals surface area contributed by atoms with Crippen LogP contribution in [0.1, 0.15) is 120 Å². The number of rotatable bonds is 18. The number of aliphatic hydroxyl groups excluding tert-OH is 2. The molecule has 0 fully saturated rings. The van der Waals surface area contributed by atoms with E-state index in [1.807, 2.05) is 6.92 Å². The first-order chi connectivity index (χ1) is 17.1. The van der Waals surface area contributed by atoms with Crippen LogP contribution in [-0.4, -0.2) is 52.6 Å². The van der Waals surface area contributed by atoms with Gasteiger partial charge in [-0.15, -0.1) is 0 Å². The third-order valence-electron chi connectivity index (χ3n) is 8.38. The van der Waals surface area contributed by atoms with E-state index in [0.29, 0.717) is 6.42 Å². The molecule has 0 aromatic rings. The van der Waals surface area contributed by atoms with Crippen molar-refractivity contribution < 1.29 is 10.2 Å². The highest BCUT2D eigenvalue weighted by molar-refractivity contribution is 5.03. The van der Waals surface area contributed by atoms with Crippen molar-refractivity contribution in [2.75, 3.05) is 13.1 Å². The summed E-state index contributed by atoms with van der Waals surface area (Å²) in [6.07, 6.45) is 10.8. The first kappa shape index (κ1) is 34.1. The monoisotopic (exact) mass is 521 g/mol. The number of nitrogens with two attached hydrogens (primary N) is 1. The van der Waals surface area contributed by atoms with Crippen molar-refractivity contribution in [1.29, 1.82) is 0 Å². The van der Waals surface area contributed by atoms with Gasteiger partial charge in [-0.1, -0.05) is 73.1 Å². The summed E-state index contributed by atoms with van der Waals surface area (Å²) in [4.78, 5) is 2.32. The Morgan fingerprint density at radius 1 is 1.22 bits per heavy atom. The largest absolute Gasteiger partial charge is 0.393 e. The number of hydrogen-bond acceptors (Lipinski definition) is 5. The smallest absolute Gasteiger partial charge is 0.127 e. The van der Waals surface area contributed by atoms with Gasteiger partial charge in [-0.3, -0.25) is 4.90 Å². The van der Waals surface area contributed by atoms with Crippen LogP contribution in [0.3, 0.4) is 0 Å². The Hall–Kier alpha value is -0.880. The van der Waals surface area contributed by atoms with Crippen molar-refractivity contribution in [2.24, 2.45) is 28.4 Å². The van der Waals surface area contributed by atoms with Crippen LogP contribution in [0, 0.1) is 22.7 Å². The topological polar surface area (TPSA) is 81.8 Å². The van der Waals surface area contributed by atoms with Gasteiger partial charge in [-0.25, -0.2) is 0 Å². The third kappa shape index (κ3) is 12.7. The zero-order valence-corrected chi connectivity index (χ0v) is 25.9. The van der Waals surface area contributed by atoms with Gasteiger partial charge in [-0.05, 0) is 87.9 Å². The second kappa shape index (κ2) is 15.6. The Morgan fingerprint density at radius 2 is 1.86 bits per heavy atom. The zero-order chi connectivity index (χ0) is 28.4. The van der Waals surface area contributed by atoms with Crippen molar-refractivity contribution >= 4 is 0 Å². The lowest BCUT2D eigenvalue weighted by atomic mass is 9.76. The normalized spacial score (nSPS) is 20.5. The maximum atomic E-state index is 11.7. The van der Waals surface area contributed by atoms with E-state index in [9.17, 15) is 10.2 Å². The van der Waals surface area contributed by atoms with Gasteiger partial charge in [0.1, 0.15) is 6.23 Å². The number of hydrogen-bond donors (Lipinski definition) is 4. The van der Waals surface area contributed by atoms with Gasteiger partial charge in [0, 0.05) is 24.8 Å². The summed E-state index contributed by atoms with van der Waals surface area (Å²) >= 11 is 0. The minimum atomic E-state index is -0.573. The van der Waals surface area contributed by atoms with Gasteiger partial charge in [0.15, 0.2) is 0 Å². The molecule has 0 radical (unpaired) electrons. The zero-order valence-electron chi connectivity index (χ0n) is 25.9. The molecule has 0 aromatic carbocycles. The second-order valence-corrected chi connectivity index (χ2v) is 14.0. The molecule has 0 saturated carbocycles. The lowest BCUT2D eigenvalue weighted by Gasteiger charge is -2.42. The fourth-order valence-corrected chi connectivity index (χ4v) is 6.02. The first-order valence-electron chi connectivity index (χ1n) is 15.0. The summed E-state index contributed by atoms with van der Waals surface area (Å²) < 4.78 is 0. The van der Waals surface area contributed by atoms with Crippen molar-refractivity contribution in [3.63, 3.8) is 0 Å². The van der Waals surface area contributed by atoms with E-state index in [0.717, 1.165) is 50.4 Å². The van der Waals surface area contributed by atoms with E-state index in [2.05, 4.69) is 78.3 Å². The molecule has 218 valence electrons. The molecule has 0 amide bonds. The molecule has 0 bridgehead atoms. The fraction of sp³-hybridized carbons (Fsp3) is 0.875. The molecule has 1 aliphatic rings. The number of unbranched alkanes of at least 4 members (excludes halogenated alkanes) is 1. The highest BCUT2D eigenvalue weighted by atomic mass is 16.3. The standard InChI is InChI=1S/C32H63N3O2/c1-11-12-19-35(22-31(7,8)21-27-16-13-24(4)14-17-27)30(37)29(23(2)3)34-25(5)15-18-28(33)32(9,10)20-26(6)36/h13,23,26-30,34,36-37H,5,11-12,14-22,33H2,1-4,6-10H3/t26-,27?,28?,29+,30?/m0/s1. The average Bonchev–Trinajstić information content (AvgIpc) is 2.78. The Labute approximate surface area is 230 Å². The molecule has 5 N–H and O–H groups in total. The van der Waals surface area contributed by atoms with Crippen molar-refractivity contribution in [3.05, 3.63) is 23.9 Å². The number of allylic oxidation sites excluding steroid dienone is 3. The molecule has 0 spiro atoms. The molecular formula is C32H63N3O2. The molecule has 3 unspecified atom stereocenters. The van der Waals surface area contributed by atoms with E-state index in [-0.39, 0.29) is 34.9 Å². The van der Waals surface area contributed by atoms with Gasteiger partial charge < -0.3 is 21.3 Å². The van der Waals surface area contributed by atoms with Gasteiger partial charge in [0.2, 0.25) is 0 Å². The lowest BCUT2D eigenvalue weighted by molar-refractivity contribution is -0.0533. The molecule has 1 aliphatic carbocycles. The minimum absolute atomic E-state index is 0.0247. The Balaban J connectivity index is 2.84. The summed E-state index contributed by atoms with van der Waals surface area (Å²) in [6, 6.07) is -0.120. The predicted molar refractivity (Wildman–Crippen MR) is 160 cm³/mol. The first-order valence-corrected chi connectivity index (χ1v) is 15.0. The van der Waals surface area contributed by atoms with Crippen molar-refractivity contribution in [1.82, 2.24) is 10.2 Å². The van der Waals surface area contributed by atoms with Gasteiger partial charge in [0.25, 0.3) is 0 Å². The average molecular weight is 522 g/mol. The summed E-state index contributed by atoms with van der Waals surface area (Å²) in [5, 5.41) is 25.1. The molecule has 0 saturated heterocycles. The minimum Gasteiger partial charge on any atom is -0.393 e. The third-order valence-corrected chi connectivity index (χ3v) is 8.38. The van der Waals surface area contributed by atoms with Gasteiger partial charge in [-0.2, -0.15) is 0 Å². The molecule has 5 atom stereocenters. The summed E-state index contributed by atoms with van der Waals surface area (Å²) in [5.41, 5.74) is 8.98. The molecular weight excluding hydrogens is 458 g/mol. The molecule has 0 heterocycles. The van der Waals surface area contributed by atoms with E-state index in [1.165, 1.54) is 31.3 Å². The molecule has 0 aliphatic heterocycles. The molecule has 5 heteroatoms. The molecule has 5 nitrogen and oxygen atoms in total. The highest BCUT2D eigenvalue weighted by Crippen LogP contribution is 2.35. The van der Waals surface area contributed by atoms with Crippen LogP contribution >= 0.6 is 0 Å². The van der Waals surface area contributed by atoms with Crippen LogP contribution in [0.25, 0.3) is 0 Å². The maximum Gasteiger partial charge on any atom is 0.127 e. The number of nitrogens with zero attached hydrogens (tertiary/aromatic N) is 1. The van der Waals surface area contributed by atoms with Crippen LogP contribution in [0.2, 0.25) is 0 Å². The Bertz CT molecular complexity index is 698. The van der Waals surface area contributed by atoms with Crippen LogP contribution in [0.4, 0.5) is 0 Å². The van der Waals surface area contributed by atoms with Crippen LogP contribution in [-0.2, 0) is 0 Å². The molecule has 0 aromatic heterocycles. The van der Waals surface area contributed by atoms with E-state index in [4.69, 9.17) is 5.73 Å². The van der Waals surface area contributed by atoms with E-state index < -0.39 is 6.23 Å². The fourth-order valence-electron chi connectivity index (χ4n) is 6.02. The van der Waals surface area contributed by atoms with Crippen LogP contribution < -0.4 is 11.1 Å². The quantitative estimate of drug-likeness (QED) is 0.121. The van der Waals surface area contributed by atoms with Gasteiger partial charge in [0.05, 0.1) is 12.1 Å². The lowest BCUT2D eigenvalue weighted by Crippen LogP contribution is -2.54. The highest BCUT2D eigenvalue weighted by Gasteiger charge is 2.34. The Kier molecular flexibility index (Phi) is 14.4. The Morgan fingerprint density at radius 3 is 2.38 bits per heavy atom. The number of nitrogens with one attached hydrogen (secondary N) is 1. The summed E-state index contributed by atoms with van der Waals surface area (Å²) in [6.45, 7) is 25.7. The number of aliphatic hydroxyl groups is 2. The SMILES string of the molecule is C=C(CCC(N)C(C)(C)C[C@H](C)O)N[C@H](C(C)C)C(O)N(CCCC)CC(C)(C)CC1CC=C(C)CC1. The van der Waals surface area contributed by atoms with Gasteiger partial charge >= 0.3 is 0 Å². The molecule has 37 heavy (non-hydrogen) atoms. The summed E-state index contributed by atoms with van der Waals surface area (Å²) in [7, 11) is 0. The second-order valence-electron chi connectivity index (χ2n) is 14.0. The van der Waals surface area contributed by atoms with Crippen molar-refractivity contribution in [2.45, 2.75) is 145 Å². The van der Waals surface area contributed by atoms with Crippen LogP contribution in [0.15, 0.2) is 23.9 Å².